The average Bonchev–Trinajstić information content (AvgIpc) is 2.08. The molecule has 0 radical (unpaired) electrons. The van der Waals surface area contributed by atoms with Crippen LogP contribution in [-0.4, -0.2) is 27.1 Å². The van der Waals surface area contributed by atoms with Gasteiger partial charge in [-0.1, -0.05) is 13.8 Å². The van der Waals surface area contributed by atoms with Crippen molar-refractivity contribution in [2.45, 2.75) is 20.3 Å². The van der Waals surface area contributed by atoms with Crippen LogP contribution in [0.5, 0.6) is 0 Å². The van der Waals surface area contributed by atoms with Crippen molar-refractivity contribution in [1.29, 1.82) is 0 Å². The fraction of sp³-hybridized carbons (Fsp3) is 0.889. The van der Waals surface area contributed by atoms with Crippen LogP contribution in [0.1, 0.15) is 20.3 Å². The van der Waals surface area contributed by atoms with Crippen LogP contribution in [0.3, 0.4) is 0 Å². The lowest BCUT2D eigenvalue weighted by atomic mass is 9.68. The monoisotopic (exact) mass is 220 g/mol. The molecule has 14 heavy (non-hydrogen) atoms. The van der Waals surface area contributed by atoms with Gasteiger partial charge < -0.3 is 0 Å². The Bertz CT molecular complexity index is 320. The smallest absolute Gasteiger partial charge is 0.264 e. The fourth-order valence-corrected chi connectivity index (χ4v) is 2.18. The quantitative estimate of drug-likeness (QED) is 0.658. The molecule has 0 saturated heterocycles. The molecule has 0 amide bonds. The molecular weight excluding hydrogens is 204 g/mol. The molecule has 0 aromatic heterocycles. The van der Waals surface area contributed by atoms with E-state index in [1.807, 2.05) is 13.8 Å². The summed E-state index contributed by atoms with van der Waals surface area (Å²) in [5, 5.41) is 0. The second kappa shape index (κ2) is 3.98. The Labute approximate surface area is 84.8 Å². The molecule has 0 heterocycles. The van der Waals surface area contributed by atoms with Gasteiger partial charge in [0.2, 0.25) is 0 Å². The second-order valence-electron chi connectivity index (χ2n) is 4.09. The molecule has 4 nitrogen and oxygen atoms in total. The van der Waals surface area contributed by atoms with E-state index in [9.17, 15) is 13.2 Å². The second-order valence-corrected chi connectivity index (χ2v) is 5.73. The van der Waals surface area contributed by atoms with Crippen molar-refractivity contribution in [3.8, 4) is 0 Å². The molecule has 5 heteroatoms. The minimum Gasteiger partial charge on any atom is -0.299 e. The molecule has 0 aliphatic heterocycles. The maximum atomic E-state index is 11.0. The minimum absolute atomic E-state index is 0.0631. The molecule has 3 unspecified atom stereocenters. The molecule has 0 N–H and O–H groups in total. The van der Waals surface area contributed by atoms with E-state index < -0.39 is 10.1 Å². The number of Topliss-reactive ketones (excluding diaryl/α,β-unsaturated/α-hetero) is 1. The van der Waals surface area contributed by atoms with Gasteiger partial charge in [-0.25, -0.2) is 0 Å². The van der Waals surface area contributed by atoms with Crippen LogP contribution in [0.4, 0.5) is 0 Å². The first-order valence-corrected chi connectivity index (χ1v) is 6.50. The zero-order valence-electron chi connectivity index (χ0n) is 8.69. The van der Waals surface area contributed by atoms with Gasteiger partial charge >= 0.3 is 0 Å². The lowest BCUT2D eigenvalue weighted by molar-refractivity contribution is -0.135. The Kier molecular flexibility index (Phi) is 3.32. The van der Waals surface area contributed by atoms with E-state index in [0.717, 1.165) is 6.26 Å². The summed E-state index contributed by atoms with van der Waals surface area (Å²) in [6, 6.07) is 0. The van der Waals surface area contributed by atoms with Gasteiger partial charge in [0.1, 0.15) is 5.78 Å². The van der Waals surface area contributed by atoms with Crippen LogP contribution in [0, 0.1) is 17.8 Å². The first-order valence-electron chi connectivity index (χ1n) is 4.68. The van der Waals surface area contributed by atoms with E-state index in [2.05, 4.69) is 0 Å². The van der Waals surface area contributed by atoms with E-state index in [-0.39, 0.29) is 30.1 Å². The van der Waals surface area contributed by atoms with Gasteiger partial charge in [-0.05, 0) is 11.8 Å². The van der Waals surface area contributed by atoms with Crippen molar-refractivity contribution in [2.75, 3.05) is 12.9 Å². The lowest BCUT2D eigenvalue weighted by Crippen LogP contribution is -2.40. The van der Waals surface area contributed by atoms with Crippen molar-refractivity contribution in [2.24, 2.45) is 17.8 Å². The van der Waals surface area contributed by atoms with Crippen LogP contribution in [-0.2, 0) is 19.1 Å². The zero-order valence-corrected chi connectivity index (χ0v) is 9.50. The third kappa shape index (κ3) is 2.78. The predicted molar refractivity (Wildman–Crippen MR) is 52.2 cm³/mol. The molecule has 0 aromatic carbocycles. The number of hydrogen-bond donors (Lipinski definition) is 0. The Balaban J connectivity index is 2.37. The first kappa shape index (κ1) is 11.7. The van der Waals surface area contributed by atoms with Gasteiger partial charge in [-0.15, -0.1) is 0 Å². The average molecular weight is 220 g/mol. The van der Waals surface area contributed by atoms with Gasteiger partial charge in [-0.3, -0.25) is 8.98 Å². The summed E-state index contributed by atoms with van der Waals surface area (Å²) in [6.45, 7) is 3.98. The van der Waals surface area contributed by atoms with Crippen molar-refractivity contribution in [3.63, 3.8) is 0 Å². The van der Waals surface area contributed by atoms with Gasteiger partial charge in [0.25, 0.3) is 10.1 Å². The van der Waals surface area contributed by atoms with Crippen molar-refractivity contribution in [3.05, 3.63) is 0 Å². The molecule has 82 valence electrons. The van der Waals surface area contributed by atoms with Crippen molar-refractivity contribution >= 4 is 15.9 Å². The van der Waals surface area contributed by atoms with Crippen LogP contribution in [0.15, 0.2) is 0 Å². The van der Waals surface area contributed by atoms with E-state index in [1.54, 1.807) is 0 Å². The minimum atomic E-state index is -3.35. The topological polar surface area (TPSA) is 60.4 Å². The highest BCUT2D eigenvalue weighted by Crippen LogP contribution is 2.36. The molecule has 1 saturated carbocycles. The van der Waals surface area contributed by atoms with Gasteiger partial charge in [-0.2, -0.15) is 8.42 Å². The summed E-state index contributed by atoms with van der Waals surface area (Å²) in [5.41, 5.74) is 0. The molecule has 0 aromatic rings. The van der Waals surface area contributed by atoms with Crippen LogP contribution < -0.4 is 0 Å². The number of carbonyl (C=O) groups is 1. The molecule has 1 aliphatic carbocycles. The Morgan fingerprint density at radius 3 is 2.50 bits per heavy atom. The van der Waals surface area contributed by atoms with Gasteiger partial charge in [0.15, 0.2) is 0 Å². The number of carbonyl (C=O) groups excluding carboxylic acids is 1. The molecule has 3 atom stereocenters. The summed E-state index contributed by atoms with van der Waals surface area (Å²) >= 11 is 0. The van der Waals surface area contributed by atoms with E-state index >= 15 is 0 Å². The fourth-order valence-electron chi connectivity index (χ4n) is 1.72. The Morgan fingerprint density at radius 2 is 2.14 bits per heavy atom. The standard InChI is InChI=1S/C9H16O4S/c1-6(5-13-14(3,11)12)8-4-9(10)7(8)2/h6-8H,4-5H2,1-3H3. The highest BCUT2D eigenvalue weighted by Gasteiger charge is 2.39. The molecule has 1 fully saturated rings. The van der Waals surface area contributed by atoms with E-state index in [1.165, 1.54) is 0 Å². The van der Waals surface area contributed by atoms with E-state index in [0.29, 0.717) is 6.42 Å². The molecule has 1 aliphatic rings. The summed E-state index contributed by atoms with van der Waals surface area (Å²) in [6.07, 6.45) is 1.60. The molecule has 0 bridgehead atoms. The van der Waals surface area contributed by atoms with E-state index in [4.69, 9.17) is 4.18 Å². The van der Waals surface area contributed by atoms with Crippen LogP contribution in [0.2, 0.25) is 0 Å². The first-order chi connectivity index (χ1) is 6.31. The molecular formula is C9H16O4S. The Hall–Kier alpha value is -0.420. The zero-order chi connectivity index (χ0) is 10.9. The van der Waals surface area contributed by atoms with Crippen LogP contribution >= 0.6 is 0 Å². The van der Waals surface area contributed by atoms with Crippen molar-refractivity contribution < 1.29 is 17.4 Å². The summed E-state index contributed by atoms with van der Waals surface area (Å²) in [7, 11) is -3.35. The number of hydrogen-bond acceptors (Lipinski definition) is 4. The lowest BCUT2D eigenvalue weighted by Gasteiger charge is -2.36. The molecule has 1 rings (SSSR count). The summed E-state index contributed by atoms with van der Waals surface area (Å²) in [4.78, 5) is 11.0. The maximum absolute atomic E-state index is 11.0. The number of ketones is 1. The van der Waals surface area contributed by atoms with Crippen molar-refractivity contribution in [1.82, 2.24) is 0 Å². The highest BCUT2D eigenvalue weighted by atomic mass is 32.2. The summed E-state index contributed by atoms with van der Waals surface area (Å²) < 4.78 is 26.1. The van der Waals surface area contributed by atoms with Crippen LogP contribution in [0.25, 0.3) is 0 Å². The third-order valence-corrected chi connectivity index (χ3v) is 3.43. The van der Waals surface area contributed by atoms with Gasteiger partial charge in [0.05, 0.1) is 12.9 Å². The normalized spacial score (nSPS) is 29.8. The van der Waals surface area contributed by atoms with Gasteiger partial charge in [0, 0.05) is 12.3 Å². The maximum Gasteiger partial charge on any atom is 0.264 e. The largest absolute Gasteiger partial charge is 0.299 e. The predicted octanol–water partition coefficient (Wildman–Crippen LogP) is 0.824. The SMILES string of the molecule is CC(COS(C)(=O)=O)C1CC(=O)C1C. The third-order valence-electron chi connectivity index (χ3n) is 2.86. The molecule has 0 spiro atoms. The summed E-state index contributed by atoms with van der Waals surface area (Å²) in [5.74, 6) is 0.732. The Morgan fingerprint density at radius 1 is 1.57 bits per heavy atom. The number of rotatable bonds is 4. The highest BCUT2D eigenvalue weighted by molar-refractivity contribution is 7.85.